The number of aliphatic carboxylic acids is 1. The van der Waals surface area contributed by atoms with Crippen LogP contribution in [0.3, 0.4) is 0 Å². The molecule has 33 heavy (non-hydrogen) atoms. The molecule has 0 radical (unpaired) electrons. The van der Waals surface area contributed by atoms with Crippen molar-refractivity contribution in [2.45, 2.75) is 44.6 Å². The van der Waals surface area contributed by atoms with E-state index in [9.17, 15) is 14.4 Å². The lowest BCUT2D eigenvalue weighted by molar-refractivity contribution is -0.144. The summed E-state index contributed by atoms with van der Waals surface area (Å²) in [6.07, 6.45) is 2.28. The summed E-state index contributed by atoms with van der Waals surface area (Å²) < 4.78 is 5.65. The molecule has 1 fully saturated rings. The second-order valence-electron chi connectivity index (χ2n) is 8.77. The van der Waals surface area contributed by atoms with Crippen LogP contribution in [0.2, 0.25) is 0 Å². The predicted molar refractivity (Wildman–Crippen MR) is 124 cm³/mol. The summed E-state index contributed by atoms with van der Waals surface area (Å²) >= 11 is 0. The number of likely N-dealkylation sites (N-methyl/N-ethyl adjacent to an activating group) is 1. The Morgan fingerprint density at radius 3 is 2.27 bits per heavy atom. The van der Waals surface area contributed by atoms with E-state index in [0.29, 0.717) is 6.54 Å². The zero-order chi connectivity index (χ0) is 23.4. The lowest BCUT2D eigenvalue weighted by Crippen LogP contribution is -2.41. The van der Waals surface area contributed by atoms with Crippen LogP contribution in [0.4, 0.5) is 4.79 Å². The van der Waals surface area contributed by atoms with Crippen molar-refractivity contribution in [1.82, 2.24) is 10.2 Å². The average molecular weight is 451 g/mol. The number of nitrogens with one attached hydrogen (secondary N) is 1. The molecule has 7 heteroatoms. The van der Waals surface area contributed by atoms with E-state index in [-0.39, 0.29) is 43.4 Å². The molecule has 0 bridgehead atoms. The van der Waals surface area contributed by atoms with Crippen molar-refractivity contribution < 1.29 is 24.2 Å². The Kier molecular flexibility index (Phi) is 6.96. The van der Waals surface area contributed by atoms with Gasteiger partial charge < -0.3 is 20.1 Å². The number of alkyl carbamates (subject to hydrolysis) is 1. The molecule has 2 amide bonds. The minimum absolute atomic E-state index is 0.00164. The molecule has 0 saturated heterocycles. The molecule has 2 N–H and O–H groups in total. The summed E-state index contributed by atoms with van der Waals surface area (Å²) in [6, 6.07) is 16.2. The first-order valence-corrected chi connectivity index (χ1v) is 11.6. The number of rotatable bonds is 8. The quantitative estimate of drug-likeness (QED) is 0.633. The van der Waals surface area contributed by atoms with E-state index in [1.807, 2.05) is 24.3 Å². The lowest BCUT2D eigenvalue weighted by Gasteiger charge is -2.24. The SMILES string of the molecule is CCN(CC(=O)O)C(=O)C[C@@H]1CCC[C@H]1NC(=O)OCC1c2ccccc2-c2ccccc21. The van der Waals surface area contributed by atoms with Crippen LogP contribution in [-0.2, 0) is 14.3 Å². The molecule has 0 aliphatic heterocycles. The van der Waals surface area contributed by atoms with E-state index in [1.54, 1.807) is 6.92 Å². The van der Waals surface area contributed by atoms with Gasteiger partial charge >= 0.3 is 12.1 Å². The van der Waals surface area contributed by atoms with Gasteiger partial charge in [0.1, 0.15) is 13.2 Å². The number of benzene rings is 2. The molecular formula is C26H30N2O5. The van der Waals surface area contributed by atoms with Crippen molar-refractivity contribution in [3.8, 4) is 11.1 Å². The van der Waals surface area contributed by atoms with Gasteiger partial charge in [0, 0.05) is 24.9 Å². The van der Waals surface area contributed by atoms with Crippen LogP contribution in [0, 0.1) is 5.92 Å². The van der Waals surface area contributed by atoms with Crippen molar-refractivity contribution in [3.63, 3.8) is 0 Å². The third-order valence-electron chi connectivity index (χ3n) is 6.80. The third-order valence-corrected chi connectivity index (χ3v) is 6.80. The Labute approximate surface area is 193 Å². The number of carbonyl (C=O) groups is 3. The molecule has 2 aliphatic rings. The Bertz CT molecular complexity index is 991. The number of carbonyl (C=O) groups excluding carboxylic acids is 2. The van der Waals surface area contributed by atoms with Crippen molar-refractivity contribution in [1.29, 1.82) is 0 Å². The lowest BCUT2D eigenvalue weighted by atomic mass is 9.98. The Morgan fingerprint density at radius 1 is 1.03 bits per heavy atom. The number of nitrogens with zero attached hydrogens (tertiary/aromatic N) is 1. The van der Waals surface area contributed by atoms with Gasteiger partial charge in [0.2, 0.25) is 5.91 Å². The largest absolute Gasteiger partial charge is 0.480 e. The zero-order valence-corrected chi connectivity index (χ0v) is 18.8. The Hall–Kier alpha value is -3.35. The molecule has 0 spiro atoms. The van der Waals surface area contributed by atoms with Crippen molar-refractivity contribution in [3.05, 3.63) is 59.7 Å². The van der Waals surface area contributed by atoms with E-state index in [0.717, 1.165) is 30.4 Å². The molecule has 1 saturated carbocycles. The minimum Gasteiger partial charge on any atom is -0.480 e. The van der Waals surface area contributed by atoms with Gasteiger partial charge in [0.05, 0.1) is 0 Å². The van der Waals surface area contributed by atoms with Crippen LogP contribution in [0.5, 0.6) is 0 Å². The van der Waals surface area contributed by atoms with Crippen molar-refractivity contribution >= 4 is 18.0 Å². The van der Waals surface area contributed by atoms with Gasteiger partial charge in [-0.15, -0.1) is 0 Å². The molecule has 0 unspecified atom stereocenters. The monoisotopic (exact) mass is 450 g/mol. The van der Waals surface area contributed by atoms with Crippen LogP contribution in [0.1, 0.15) is 49.7 Å². The summed E-state index contributed by atoms with van der Waals surface area (Å²) in [4.78, 5) is 37.5. The average Bonchev–Trinajstić information content (AvgIpc) is 3.37. The molecule has 2 aliphatic carbocycles. The summed E-state index contributed by atoms with van der Waals surface area (Å²) in [5.41, 5.74) is 4.68. The smallest absolute Gasteiger partial charge is 0.407 e. The molecule has 0 heterocycles. The number of hydrogen-bond acceptors (Lipinski definition) is 4. The maximum absolute atomic E-state index is 12.6. The topological polar surface area (TPSA) is 95.9 Å². The van der Waals surface area contributed by atoms with E-state index < -0.39 is 12.1 Å². The standard InChI is InChI=1S/C26H30N2O5/c1-2-28(15-25(30)31)24(29)14-17-8-7-13-23(17)27-26(32)33-16-22-20-11-5-3-9-18(20)19-10-4-6-12-21(19)22/h3-6,9-12,17,22-23H,2,7-8,13-16H2,1H3,(H,27,32)(H,30,31)/t17-,23+/m0/s1. The van der Waals surface area contributed by atoms with Crippen LogP contribution in [0.15, 0.2) is 48.5 Å². The van der Waals surface area contributed by atoms with E-state index in [4.69, 9.17) is 9.84 Å². The fourth-order valence-electron chi connectivity index (χ4n) is 5.16. The second-order valence-corrected chi connectivity index (χ2v) is 8.77. The predicted octanol–water partition coefficient (Wildman–Crippen LogP) is 4.02. The summed E-state index contributed by atoms with van der Waals surface area (Å²) in [5.74, 6) is -1.23. The highest BCUT2D eigenvalue weighted by atomic mass is 16.5. The second kappa shape index (κ2) is 10.1. The van der Waals surface area contributed by atoms with Gasteiger partial charge in [-0.2, -0.15) is 0 Å². The highest BCUT2D eigenvalue weighted by molar-refractivity contribution is 5.82. The van der Waals surface area contributed by atoms with E-state index >= 15 is 0 Å². The van der Waals surface area contributed by atoms with Crippen molar-refractivity contribution in [2.24, 2.45) is 5.92 Å². The summed E-state index contributed by atoms with van der Waals surface area (Å²) in [5, 5.41) is 12.0. The molecule has 2 aromatic rings. The summed E-state index contributed by atoms with van der Waals surface area (Å²) in [6.45, 7) is 2.06. The van der Waals surface area contributed by atoms with E-state index in [1.165, 1.54) is 16.0 Å². The molecule has 2 aromatic carbocycles. The Balaban J connectivity index is 1.34. The highest BCUT2D eigenvalue weighted by Crippen LogP contribution is 2.44. The first-order valence-electron chi connectivity index (χ1n) is 11.6. The number of carboxylic acid groups (broad SMARTS) is 1. The van der Waals surface area contributed by atoms with Gasteiger partial charge in [-0.25, -0.2) is 4.79 Å². The molecule has 7 nitrogen and oxygen atoms in total. The van der Waals surface area contributed by atoms with Crippen molar-refractivity contribution in [2.75, 3.05) is 19.7 Å². The van der Waals surface area contributed by atoms with Crippen LogP contribution >= 0.6 is 0 Å². The first-order chi connectivity index (χ1) is 16.0. The fraction of sp³-hybridized carbons (Fsp3) is 0.423. The van der Waals surface area contributed by atoms with Gasteiger partial charge in [0.25, 0.3) is 0 Å². The number of hydrogen-bond donors (Lipinski definition) is 2. The molecule has 4 rings (SSSR count). The highest BCUT2D eigenvalue weighted by Gasteiger charge is 2.33. The molecule has 0 aromatic heterocycles. The molecule has 2 atom stereocenters. The third kappa shape index (κ3) is 5.02. The molecule has 174 valence electrons. The number of carboxylic acids is 1. The molecular weight excluding hydrogens is 420 g/mol. The maximum atomic E-state index is 12.6. The van der Waals surface area contributed by atoms with Gasteiger partial charge in [0.15, 0.2) is 0 Å². The first kappa shape index (κ1) is 22.8. The Morgan fingerprint density at radius 2 is 1.67 bits per heavy atom. The zero-order valence-electron chi connectivity index (χ0n) is 18.8. The summed E-state index contributed by atoms with van der Waals surface area (Å²) in [7, 11) is 0. The van der Waals surface area contributed by atoms with Crippen LogP contribution < -0.4 is 5.32 Å². The number of amides is 2. The van der Waals surface area contributed by atoms with Crippen LogP contribution in [-0.4, -0.2) is 53.7 Å². The fourth-order valence-corrected chi connectivity index (χ4v) is 5.16. The van der Waals surface area contributed by atoms with E-state index in [2.05, 4.69) is 29.6 Å². The van der Waals surface area contributed by atoms with Gasteiger partial charge in [-0.3, -0.25) is 9.59 Å². The van der Waals surface area contributed by atoms with Gasteiger partial charge in [-0.05, 0) is 47.9 Å². The normalized spacial score (nSPS) is 18.9. The van der Waals surface area contributed by atoms with Crippen LogP contribution in [0.25, 0.3) is 11.1 Å². The minimum atomic E-state index is -1.02. The number of fused-ring (bicyclic) bond motifs is 3. The van der Waals surface area contributed by atoms with Gasteiger partial charge in [-0.1, -0.05) is 55.0 Å². The number of ether oxygens (including phenoxy) is 1. The maximum Gasteiger partial charge on any atom is 0.407 e.